The number of aromatic nitrogens is 1. The monoisotopic (exact) mass is 283 g/mol. The standard InChI is InChI=1S/C8H9NO2S2.ClH.H4N2/c10-8(11)4-6-12-13-7-3-1-2-5-9-7;;1-2/h1-3,5H,4,6H2,(H,10,11);1H;1-2H2. The molecule has 0 aromatic carbocycles. The molecule has 0 aliphatic heterocycles. The Kier molecular flexibility index (Phi) is 14.1. The smallest absolute Gasteiger partial charge is 0.304 e. The van der Waals surface area contributed by atoms with E-state index in [0.29, 0.717) is 5.75 Å². The van der Waals surface area contributed by atoms with Gasteiger partial charge in [0.25, 0.3) is 0 Å². The van der Waals surface area contributed by atoms with Gasteiger partial charge in [-0.25, -0.2) is 4.98 Å². The summed E-state index contributed by atoms with van der Waals surface area (Å²) < 4.78 is 0. The summed E-state index contributed by atoms with van der Waals surface area (Å²) in [5.41, 5.74) is 0. The molecule has 0 aliphatic rings. The highest BCUT2D eigenvalue weighted by atomic mass is 35.5. The number of carboxylic acids is 1. The lowest BCUT2D eigenvalue weighted by Gasteiger charge is -1.97. The van der Waals surface area contributed by atoms with Crippen molar-refractivity contribution in [2.45, 2.75) is 11.4 Å². The molecule has 8 heteroatoms. The minimum absolute atomic E-state index is 0. The Morgan fingerprint density at radius 2 is 2.12 bits per heavy atom. The van der Waals surface area contributed by atoms with Gasteiger partial charge in [0.15, 0.2) is 0 Å². The van der Waals surface area contributed by atoms with Crippen LogP contribution in [-0.2, 0) is 4.79 Å². The van der Waals surface area contributed by atoms with Crippen molar-refractivity contribution < 1.29 is 9.90 Å². The first-order chi connectivity index (χ1) is 7.29. The Bertz CT molecular complexity index is 277. The average molecular weight is 284 g/mol. The molecule has 5 nitrogen and oxygen atoms in total. The molecule has 5 N–H and O–H groups in total. The zero-order chi connectivity index (χ0) is 11.5. The molecule has 1 aromatic heterocycles. The third kappa shape index (κ3) is 10.1. The quantitative estimate of drug-likeness (QED) is 0.326. The van der Waals surface area contributed by atoms with E-state index in [-0.39, 0.29) is 18.8 Å². The Morgan fingerprint density at radius 3 is 2.62 bits per heavy atom. The number of halogens is 1. The zero-order valence-electron chi connectivity index (χ0n) is 8.41. The molecule has 0 spiro atoms. The van der Waals surface area contributed by atoms with Gasteiger partial charge in [-0.2, -0.15) is 0 Å². The van der Waals surface area contributed by atoms with Gasteiger partial charge in [0.1, 0.15) is 5.03 Å². The second-order valence-electron chi connectivity index (χ2n) is 2.22. The topological polar surface area (TPSA) is 102 Å². The molecule has 0 bridgehead atoms. The summed E-state index contributed by atoms with van der Waals surface area (Å²) in [5.74, 6) is 7.85. The van der Waals surface area contributed by atoms with Crippen molar-refractivity contribution >= 4 is 40.0 Å². The van der Waals surface area contributed by atoms with Crippen LogP contribution in [0.4, 0.5) is 0 Å². The molecule has 1 rings (SSSR count). The summed E-state index contributed by atoms with van der Waals surface area (Å²) in [4.78, 5) is 14.3. The third-order valence-corrected chi connectivity index (χ3v) is 3.45. The first kappa shape index (κ1) is 17.9. The number of carbonyl (C=O) groups is 1. The van der Waals surface area contributed by atoms with Crippen molar-refractivity contribution in [2.75, 3.05) is 5.75 Å². The molecule has 1 aromatic rings. The third-order valence-electron chi connectivity index (χ3n) is 1.18. The van der Waals surface area contributed by atoms with Gasteiger partial charge in [-0.1, -0.05) is 16.9 Å². The van der Waals surface area contributed by atoms with Crippen LogP contribution in [0.25, 0.3) is 0 Å². The molecular weight excluding hydrogens is 270 g/mol. The van der Waals surface area contributed by atoms with E-state index in [2.05, 4.69) is 16.7 Å². The molecule has 92 valence electrons. The van der Waals surface area contributed by atoms with E-state index in [9.17, 15) is 4.79 Å². The van der Waals surface area contributed by atoms with Crippen molar-refractivity contribution in [3.63, 3.8) is 0 Å². The molecule has 0 amide bonds. The molecule has 0 atom stereocenters. The van der Waals surface area contributed by atoms with Crippen LogP contribution in [0.15, 0.2) is 29.4 Å². The summed E-state index contributed by atoms with van der Waals surface area (Å²) in [6, 6.07) is 5.66. The average Bonchev–Trinajstić information content (AvgIpc) is 2.28. The second kappa shape index (κ2) is 12.6. The van der Waals surface area contributed by atoms with Crippen LogP contribution in [0, 0.1) is 0 Å². The van der Waals surface area contributed by atoms with E-state index in [4.69, 9.17) is 5.11 Å². The predicted molar refractivity (Wildman–Crippen MR) is 70.4 cm³/mol. The fraction of sp³-hybridized carbons (Fsp3) is 0.250. The van der Waals surface area contributed by atoms with Crippen molar-refractivity contribution in [1.29, 1.82) is 0 Å². The summed E-state index contributed by atoms with van der Waals surface area (Å²) >= 11 is 0. The van der Waals surface area contributed by atoms with Gasteiger partial charge >= 0.3 is 5.97 Å². The summed E-state index contributed by atoms with van der Waals surface area (Å²) in [5, 5.41) is 9.29. The second-order valence-corrected chi connectivity index (χ2v) is 4.65. The van der Waals surface area contributed by atoms with Gasteiger partial charge in [-0.05, 0) is 22.9 Å². The van der Waals surface area contributed by atoms with Gasteiger partial charge < -0.3 is 5.11 Å². The lowest BCUT2D eigenvalue weighted by Crippen LogP contribution is -2.02. The number of hydrogen-bond acceptors (Lipinski definition) is 6. The Labute approximate surface area is 108 Å². The maximum Gasteiger partial charge on any atom is 0.304 e. The lowest BCUT2D eigenvalue weighted by molar-refractivity contribution is -0.136. The molecule has 0 unspecified atom stereocenters. The fourth-order valence-electron chi connectivity index (χ4n) is 0.627. The Morgan fingerprint density at radius 1 is 1.44 bits per heavy atom. The maximum atomic E-state index is 10.2. The number of carboxylic acid groups (broad SMARTS) is 1. The number of hydrogen-bond donors (Lipinski definition) is 3. The van der Waals surface area contributed by atoms with Crippen LogP contribution in [0.1, 0.15) is 6.42 Å². The van der Waals surface area contributed by atoms with E-state index in [1.54, 1.807) is 6.20 Å². The van der Waals surface area contributed by atoms with Crippen LogP contribution in [-0.4, -0.2) is 21.8 Å². The Balaban J connectivity index is 0. The van der Waals surface area contributed by atoms with Gasteiger partial charge in [-0.3, -0.25) is 16.5 Å². The van der Waals surface area contributed by atoms with Gasteiger partial charge in [0.2, 0.25) is 0 Å². The predicted octanol–water partition coefficient (Wildman–Crippen LogP) is 1.54. The van der Waals surface area contributed by atoms with Crippen LogP contribution in [0.3, 0.4) is 0 Å². The summed E-state index contributed by atoms with van der Waals surface area (Å²) in [6.45, 7) is 0. The van der Waals surface area contributed by atoms with Crippen LogP contribution < -0.4 is 11.7 Å². The van der Waals surface area contributed by atoms with E-state index in [0.717, 1.165) is 5.03 Å². The van der Waals surface area contributed by atoms with Crippen LogP contribution in [0.5, 0.6) is 0 Å². The van der Waals surface area contributed by atoms with E-state index in [1.165, 1.54) is 21.6 Å². The van der Waals surface area contributed by atoms with Gasteiger partial charge in [-0.15, -0.1) is 12.4 Å². The minimum atomic E-state index is -0.755. The Hall–Kier alpha value is -0.470. The largest absolute Gasteiger partial charge is 0.481 e. The molecule has 0 radical (unpaired) electrons. The van der Waals surface area contributed by atoms with Crippen LogP contribution >= 0.6 is 34.0 Å². The number of aliphatic carboxylic acids is 1. The molecule has 0 saturated carbocycles. The minimum Gasteiger partial charge on any atom is -0.481 e. The normalized spacial score (nSPS) is 8.38. The van der Waals surface area contributed by atoms with E-state index >= 15 is 0 Å². The number of hydrazine groups is 1. The highest BCUT2D eigenvalue weighted by Crippen LogP contribution is 2.29. The lowest BCUT2D eigenvalue weighted by atomic mass is 10.5. The summed E-state index contributed by atoms with van der Waals surface area (Å²) in [6.07, 6.45) is 1.92. The van der Waals surface area contributed by atoms with Crippen molar-refractivity contribution in [3.8, 4) is 0 Å². The number of nitrogens with two attached hydrogens (primary N) is 2. The highest BCUT2D eigenvalue weighted by Gasteiger charge is 1.98. The van der Waals surface area contributed by atoms with Gasteiger partial charge in [0.05, 0.1) is 6.42 Å². The summed E-state index contributed by atoms with van der Waals surface area (Å²) in [7, 11) is 3.01. The van der Waals surface area contributed by atoms with Crippen molar-refractivity contribution in [1.82, 2.24) is 4.98 Å². The number of rotatable bonds is 5. The number of nitrogens with zero attached hydrogens (tertiary/aromatic N) is 1. The fourth-order valence-corrected chi connectivity index (χ4v) is 2.49. The first-order valence-corrected chi connectivity index (χ1v) is 6.36. The molecular formula is C8H14ClN3O2S2. The molecule has 0 aliphatic carbocycles. The van der Waals surface area contributed by atoms with Crippen molar-refractivity contribution in [3.05, 3.63) is 24.4 Å². The van der Waals surface area contributed by atoms with Crippen LogP contribution in [0.2, 0.25) is 0 Å². The zero-order valence-corrected chi connectivity index (χ0v) is 10.9. The highest BCUT2D eigenvalue weighted by molar-refractivity contribution is 8.76. The van der Waals surface area contributed by atoms with E-state index in [1.807, 2.05) is 18.2 Å². The SMILES string of the molecule is Cl.NN.O=C(O)CCSSc1ccccn1. The van der Waals surface area contributed by atoms with Gasteiger partial charge in [0, 0.05) is 11.9 Å². The maximum absolute atomic E-state index is 10.2. The van der Waals surface area contributed by atoms with Crippen molar-refractivity contribution in [2.24, 2.45) is 11.7 Å². The molecule has 0 saturated heterocycles. The first-order valence-electron chi connectivity index (χ1n) is 4.04. The number of pyridine rings is 1. The molecule has 1 heterocycles. The molecule has 0 fully saturated rings. The van der Waals surface area contributed by atoms with E-state index < -0.39 is 5.97 Å². The molecule has 16 heavy (non-hydrogen) atoms.